The molecule has 0 bridgehead atoms. The Kier molecular flexibility index (Phi) is 3.18. The van der Waals surface area contributed by atoms with Gasteiger partial charge in [0.05, 0.1) is 12.1 Å². The van der Waals surface area contributed by atoms with E-state index in [9.17, 15) is 4.79 Å². The van der Waals surface area contributed by atoms with Crippen molar-refractivity contribution in [2.75, 3.05) is 7.05 Å². The van der Waals surface area contributed by atoms with Gasteiger partial charge in [-0.1, -0.05) is 0 Å². The van der Waals surface area contributed by atoms with Crippen LogP contribution in [0.3, 0.4) is 0 Å². The average Bonchev–Trinajstić information content (AvgIpc) is 2.88. The molecule has 2 aromatic heterocycles. The first-order valence-corrected chi connectivity index (χ1v) is 5.67. The molecular weight excluding hydrogens is 232 g/mol. The van der Waals surface area contributed by atoms with Crippen molar-refractivity contribution in [2.24, 2.45) is 0 Å². The van der Waals surface area contributed by atoms with Crippen LogP contribution in [-0.4, -0.2) is 33.0 Å². The largest absolute Gasteiger partial charge is 0.466 e. The van der Waals surface area contributed by atoms with Crippen LogP contribution in [0.15, 0.2) is 10.7 Å². The molecule has 0 radical (unpaired) electrons. The quantitative estimate of drug-likeness (QED) is 0.895. The number of aromatic nitrogens is 3. The molecule has 1 N–H and O–H groups in total. The summed E-state index contributed by atoms with van der Waals surface area (Å²) >= 11 is 0. The highest BCUT2D eigenvalue weighted by molar-refractivity contribution is 5.96. The van der Waals surface area contributed by atoms with E-state index in [4.69, 9.17) is 4.42 Å². The Balaban J connectivity index is 2.20. The molecule has 18 heavy (non-hydrogen) atoms. The third-order valence-electron chi connectivity index (χ3n) is 2.97. The van der Waals surface area contributed by atoms with Gasteiger partial charge in [0, 0.05) is 12.6 Å². The van der Waals surface area contributed by atoms with Crippen LogP contribution in [-0.2, 0) is 6.54 Å². The minimum Gasteiger partial charge on any atom is -0.466 e. The Labute approximate surface area is 105 Å². The first-order valence-electron chi connectivity index (χ1n) is 5.67. The van der Waals surface area contributed by atoms with Crippen LogP contribution < -0.4 is 0 Å². The van der Waals surface area contributed by atoms with Gasteiger partial charge in [-0.2, -0.15) is 5.10 Å². The van der Waals surface area contributed by atoms with Crippen molar-refractivity contribution in [1.29, 1.82) is 0 Å². The molecule has 96 valence electrons. The molecule has 2 heterocycles. The molecule has 2 aromatic rings. The number of aromatic amines is 1. The number of nitrogens with zero attached hydrogens (tertiary/aromatic N) is 3. The lowest BCUT2D eigenvalue weighted by Gasteiger charge is -2.15. The van der Waals surface area contributed by atoms with E-state index in [1.165, 1.54) is 6.33 Å². The highest BCUT2D eigenvalue weighted by atomic mass is 16.3. The number of carbonyl (C=O) groups excluding carboxylic acids is 1. The maximum atomic E-state index is 12.3. The molecule has 0 aromatic carbocycles. The monoisotopic (exact) mass is 248 g/mol. The third-order valence-corrected chi connectivity index (χ3v) is 2.97. The van der Waals surface area contributed by atoms with E-state index >= 15 is 0 Å². The first-order chi connectivity index (χ1) is 8.50. The van der Waals surface area contributed by atoms with Crippen molar-refractivity contribution in [3.63, 3.8) is 0 Å². The highest BCUT2D eigenvalue weighted by Gasteiger charge is 2.22. The van der Waals surface area contributed by atoms with Crippen LogP contribution in [0.5, 0.6) is 0 Å². The molecule has 0 aliphatic heterocycles. The number of aryl methyl sites for hydroxylation is 2. The van der Waals surface area contributed by atoms with Crippen LogP contribution in [0.2, 0.25) is 0 Å². The Morgan fingerprint density at radius 2 is 2.11 bits per heavy atom. The van der Waals surface area contributed by atoms with Crippen molar-refractivity contribution >= 4 is 5.91 Å². The molecule has 0 spiro atoms. The molecule has 0 saturated heterocycles. The Morgan fingerprint density at radius 3 is 2.61 bits per heavy atom. The van der Waals surface area contributed by atoms with Crippen LogP contribution in [0.4, 0.5) is 0 Å². The van der Waals surface area contributed by atoms with Crippen molar-refractivity contribution in [3.8, 4) is 0 Å². The van der Waals surface area contributed by atoms with E-state index < -0.39 is 0 Å². The van der Waals surface area contributed by atoms with Crippen LogP contribution >= 0.6 is 0 Å². The summed E-state index contributed by atoms with van der Waals surface area (Å²) in [5, 5.41) is 6.48. The van der Waals surface area contributed by atoms with E-state index in [1.54, 1.807) is 18.9 Å². The fourth-order valence-electron chi connectivity index (χ4n) is 1.90. The molecule has 2 rings (SSSR count). The zero-order valence-electron chi connectivity index (χ0n) is 10.9. The van der Waals surface area contributed by atoms with Gasteiger partial charge in [-0.05, 0) is 20.8 Å². The zero-order valence-corrected chi connectivity index (χ0v) is 10.9. The Bertz CT molecular complexity index is 557. The van der Waals surface area contributed by atoms with Crippen molar-refractivity contribution in [1.82, 2.24) is 20.1 Å². The molecule has 0 fully saturated rings. The van der Waals surface area contributed by atoms with Crippen LogP contribution in [0.25, 0.3) is 0 Å². The molecule has 6 nitrogen and oxygen atoms in total. The first kappa shape index (κ1) is 12.3. The highest BCUT2D eigenvalue weighted by Crippen LogP contribution is 2.22. The van der Waals surface area contributed by atoms with Crippen LogP contribution in [0.1, 0.15) is 33.3 Å². The number of hydrogen-bond donors (Lipinski definition) is 1. The smallest absolute Gasteiger partial charge is 0.257 e. The van der Waals surface area contributed by atoms with Gasteiger partial charge in [-0.25, -0.2) is 4.98 Å². The lowest BCUT2D eigenvalue weighted by molar-refractivity contribution is 0.0779. The maximum absolute atomic E-state index is 12.3. The minimum atomic E-state index is -0.0711. The van der Waals surface area contributed by atoms with Crippen molar-refractivity contribution in [2.45, 2.75) is 27.3 Å². The van der Waals surface area contributed by atoms with Gasteiger partial charge in [-0.15, -0.1) is 0 Å². The third kappa shape index (κ3) is 2.13. The van der Waals surface area contributed by atoms with E-state index in [0.29, 0.717) is 23.7 Å². The fraction of sp³-hybridized carbons (Fsp3) is 0.417. The summed E-state index contributed by atoms with van der Waals surface area (Å²) in [6.07, 6.45) is 1.42. The lowest BCUT2D eigenvalue weighted by Crippen LogP contribution is -2.27. The van der Waals surface area contributed by atoms with Gasteiger partial charge >= 0.3 is 0 Å². The van der Waals surface area contributed by atoms with Gasteiger partial charge in [0.2, 0.25) is 0 Å². The summed E-state index contributed by atoms with van der Waals surface area (Å²) in [6.45, 7) is 5.94. The molecular formula is C12H16N4O2. The van der Waals surface area contributed by atoms with Gasteiger partial charge in [0.25, 0.3) is 5.91 Å². The van der Waals surface area contributed by atoms with E-state index in [-0.39, 0.29) is 5.91 Å². The van der Waals surface area contributed by atoms with Crippen molar-refractivity contribution in [3.05, 3.63) is 34.8 Å². The van der Waals surface area contributed by atoms with E-state index in [1.807, 2.05) is 13.8 Å². The number of H-pyrrole nitrogens is 1. The number of rotatable bonds is 3. The molecule has 0 aliphatic carbocycles. The topological polar surface area (TPSA) is 75.0 Å². The van der Waals surface area contributed by atoms with Crippen LogP contribution in [0, 0.1) is 20.8 Å². The zero-order chi connectivity index (χ0) is 13.3. The summed E-state index contributed by atoms with van der Waals surface area (Å²) in [7, 11) is 1.73. The molecule has 0 aliphatic rings. The second-order valence-electron chi connectivity index (χ2n) is 4.31. The lowest BCUT2D eigenvalue weighted by atomic mass is 10.1. The second-order valence-corrected chi connectivity index (χ2v) is 4.31. The average molecular weight is 248 g/mol. The number of nitrogens with one attached hydrogen (secondary N) is 1. The number of carbonyl (C=O) groups is 1. The van der Waals surface area contributed by atoms with E-state index in [0.717, 1.165) is 11.3 Å². The summed E-state index contributed by atoms with van der Waals surface area (Å²) in [4.78, 5) is 17.9. The Morgan fingerprint density at radius 1 is 1.39 bits per heavy atom. The predicted molar refractivity (Wildman–Crippen MR) is 65.1 cm³/mol. The van der Waals surface area contributed by atoms with Gasteiger partial charge in [-0.3, -0.25) is 9.89 Å². The SMILES string of the molecule is Cc1oc(C)c(C(=O)N(C)Cc2ncn[nH]2)c1C. The molecule has 1 amide bonds. The predicted octanol–water partition coefficient (Wildman–Crippen LogP) is 1.60. The molecule has 0 saturated carbocycles. The summed E-state index contributed by atoms with van der Waals surface area (Å²) in [6, 6.07) is 0. The summed E-state index contributed by atoms with van der Waals surface area (Å²) in [5.74, 6) is 2.02. The normalized spacial score (nSPS) is 10.7. The number of furan rings is 1. The summed E-state index contributed by atoms with van der Waals surface area (Å²) < 4.78 is 5.47. The second kappa shape index (κ2) is 4.64. The molecule has 6 heteroatoms. The van der Waals surface area contributed by atoms with Gasteiger partial charge < -0.3 is 9.32 Å². The number of amides is 1. The van der Waals surface area contributed by atoms with Gasteiger partial charge in [0.15, 0.2) is 0 Å². The summed E-state index contributed by atoms with van der Waals surface area (Å²) in [5.41, 5.74) is 1.52. The number of hydrogen-bond acceptors (Lipinski definition) is 4. The fourth-order valence-corrected chi connectivity index (χ4v) is 1.90. The maximum Gasteiger partial charge on any atom is 0.257 e. The standard InChI is InChI=1S/C12H16N4O2/c1-7-8(2)18-9(3)11(7)12(17)16(4)5-10-13-6-14-15-10/h6H,5H2,1-4H3,(H,13,14,15). The Hall–Kier alpha value is -2.11. The minimum absolute atomic E-state index is 0.0711. The van der Waals surface area contributed by atoms with E-state index in [2.05, 4.69) is 15.2 Å². The molecule has 0 unspecified atom stereocenters. The van der Waals surface area contributed by atoms with Crippen molar-refractivity contribution < 1.29 is 9.21 Å². The molecule has 0 atom stereocenters. The van der Waals surface area contributed by atoms with Gasteiger partial charge in [0.1, 0.15) is 23.7 Å².